The van der Waals surface area contributed by atoms with Crippen LogP contribution in [0.4, 0.5) is 0 Å². The Kier molecular flexibility index (Phi) is 2.52. The Labute approximate surface area is 77.7 Å². The second-order valence-electron chi connectivity index (χ2n) is 2.83. The minimum Gasteiger partial charge on any atom is -0.0902 e. The first-order valence-corrected chi connectivity index (χ1v) is 5.09. The lowest BCUT2D eigenvalue weighted by Gasteiger charge is -2.04. The third-order valence-electron chi connectivity index (χ3n) is 1.84. The van der Waals surface area contributed by atoms with Crippen LogP contribution in [0.15, 0.2) is 40.2 Å². The molecule has 0 fully saturated rings. The predicted octanol–water partition coefficient (Wildman–Crippen LogP) is 3.60. The van der Waals surface area contributed by atoms with Gasteiger partial charge in [-0.15, -0.1) is 0 Å². The average molecular weight is 175 g/mol. The number of hydrogen-bond acceptors (Lipinski definition) is 1. The second kappa shape index (κ2) is 3.81. The van der Waals surface area contributed by atoms with E-state index in [9.17, 15) is 0 Å². The molecular formula is C11H11S. The Balaban J connectivity index is 1.98. The molecule has 61 valence electrons. The first kappa shape index (κ1) is 7.93. The molecule has 2 rings (SSSR count). The molecule has 0 atom stereocenters. The summed E-state index contributed by atoms with van der Waals surface area (Å²) in [5, 5.41) is 0. The van der Waals surface area contributed by atoms with Gasteiger partial charge in [0.15, 0.2) is 0 Å². The van der Waals surface area contributed by atoms with Crippen molar-refractivity contribution in [3.8, 4) is 0 Å². The van der Waals surface area contributed by atoms with Gasteiger partial charge < -0.3 is 0 Å². The van der Waals surface area contributed by atoms with Gasteiger partial charge in [0.05, 0.1) is 0 Å². The lowest BCUT2D eigenvalue weighted by atomic mass is 10.2. The molecule has 1 radical (unpaired) electrons. The largest absolute Gasteiger partial charge is 0.0902 e. The van der Waals surface area contributed by atoms with Crippen molar-refractivity contribution in [2.75, 3.05) is 0 Å². The zero-order chi connectivity index (χ0) is 8.23. The summed E-state index contributed by atoms with van der Waals surface area (Å²) in [7, 11) is 0. The fourth-order valence-corrected chi connectivity index (χ4v) is 2.17. The van der Waals surface area contributed by atoms with Crippen LogP contribution < -0.4 is 0 Å². The Morgan fingerprint density at radius 1 is 1.25 bits per heavy atom. The monoisotopic (exact) mass is 175 g/mol. The van der Waals surface area contributed by atoms with Gasteiger partial charge >= 0.3 is 0 Å². The summed E-state index contributed by atoms with van der Waals surface area (Å²) in [5.74, 6) is 0. The van der Waals surface area contributed by atoms with E-state index in [-0.39, 0.29) is 0 Å². The SMILES string of the molecule is [C]1=C(SC2=CCC=C2)C=CCC1. The van der Waals surface area contributed by atoms with Crippen LogP contribution in [0.2, 0.25) is 0 Å². The standard InChI is InChI=1S/C11H11S/c1-2-6-10(7-3-1)12-11-8-4-5-9-11/h2,4,6,8-9H,1,3,5H2. The van der Waals surface area contributed by atoms with Crippen LogP contribution in [0, 0.1) is 6.08 Å². The molecule has 2 aliphatic carbocycles. The highest BCUT2D eigenvalue weighted by molar-refractivity contribution is 8.07. The van der Waals surface area contributed by atoms with Crippen LogP contribution in [-0.2, 0) is 0 Å². The highest BCUT2D eigenvalue weighted by Gasteiger charge is 2.03. The Hall–Kier alpha value is -0.690. The van der Waals surface area contributed by atoms with Crippen molar-refractivity contribution in [2.45, 2.75) is 19.3 Å². The van der Waals surface area contributed by atoms with E-state index >= 15 is 0 Å². The number of allylic oxidation sites excluding steroid dienone is 6. The van der Waals surface area contributed by atoms with Gasteiger partial charge in [0.2, 0.25) is 0 Å². The first-order valence-electron chi connectivity index (χ1n) is 4.27. The molecule has 2 aliphatic rings. The van der Waals surface area contributed by atoms with E-state index in [0.717, 1.165) is 19.3 Å². The molecule has 0 bridgehead atoms. The highest BCUT2D eigenvalue weighted by atomic mass is 32.2. The van der Waals surface area contributed by atoms with Gasteiger partial charge in [-0.1, -0.05) is 42.1 Å². The maximum absolute atomic E-state index is 3.36. The van der Waals surface area contributed by atoms with Gasteiger partial charge in [-0.2, -0.15) is 0 Å². The zero-order valence-corrected chi connectivity index (χ0v) is 7.73. The summed E-state index contributed by atoms with van der Waals surface area (Å²) in [4.78, 5) is 2.64. The van der Waals surface area contributed by atoms with Crippen LogP contribution in [0.1, 0.15) is 19.3 Å². The summed E-state index contributed by atoms with van der Waals surface area (Å²) in [6.45, 7) is 0. The smallest absolute Gasteiger partial charge is 0.0154 e. The van der Waals surface area contributed by atoms with Gasteiger partial charge in [-0.05, 0) is 25.3 Å². The normalized spacial score (nSPS) is 21.0. The fraction of sp³-hybridized carbons (Fsp3) is 0.273. The molecule has 12 heavy (non-hydrogen) atoms. The van der Waals surface area contributed by atoms with Crippen LogP contribution in [-0.4, -0.2) is 0 Å². The van der Waals surface area contributed by atoms with E-state index in [1.807, 2.05) is 11.8 Å². The summed E-state index contributed by atoms with van der Waals surface area (Å²) in [6.07, 6.45) is 17.7. The van der Waals surface area contributed by atoms with Crippen LogP contribution in [0.3, 0.4) is 0 Å². The van der Waals surface area contributed by atoms with Gasteiger partial charge in [0.1, 0.15) is 0 Å². The van der Waals surface area contributed by atoms with E-state index in [0.29, 0.717) is 0 Å². The van der Waals surface area contributed by atoms with Gasteiger partial charge in [0.25, 0.3) is 0 Å². The molecule has 0 unspecified atom stereocenters. The molecule has 0 spiro atoms. The Morgan fingerprint density at radius 3 is 2.92 bits per heavy atom. The highest BCUT2D eigenvalue weighted by Crippen LogP contribution is 2.31. The maximum Gasteiger partial charge on any atom is 0.0154 e. The van der Waals surface area contributed by atoms with E-state index in [2.05, 4.69) is 36.5 Å². The number of thioether (sulfide) groups is 1. The average Bonchev–Trinajstić information content (AvgIpc) is 2.59. The van der Waals surface area contributed by atoms with Crippen LogP contribution in [0.5, 0.6) is 0 Å². The molecule has 0 heterocycles. The Bertz CT molecular complexity index is 279. The topological polar surface area (TPSA) is 0 Å². The summed E-state index contributed by atoms with van der Waals surface area (Å²) >= 11 is 1.82. The molecule has 0 N–H and O–H groups in total. The molecule has 0 aromatic rings. The summed E-state index contributed by atoms with van der Waals surface area (Å²) < 4.78 is 0. The van der Waals surface area contributed by atoms with Gasteiger partial charge in [0, 0.05) is 9.81 Å². The predicted molar refractivity (Wildman–Crippen MR) is 54.6 cm³/mol. The fourth-order valence-electron chi connectivity index (χ4n) is 1.24. The molecule has 0 aromatic carbocycles. The molecular weight excluding hydrogens is 164 g/mol. The van der Waals surface area contributed by atoms with Crippen molar-refractivity contribution in [1.82, 2.24) is 0 Å². The maximum atomic E-state index is 3.36. The lowest BCUT2D eigenvalue weighted by Crippen LogP contribution is -1.80. The van der Waals surface area contributed by atoms with Crippen molar-refractivity contribution in [2.24, 2.45) is 0 Å². The van der Waals surface area contributed by atoms with Gasteiger partial charge in [-0.25, -0.2) is 0 Å². The van der Waals surface area contributed by atoms with Crippen LogP contribution in [0.25, 0.3) is 0 Å². The van der Waals surface area contributed by atoms with E-state index in [1.165, 1.54) is 9.81 Å². The molecule has 0 aromatic heterocycles. The molecule has 0 amide bonds. The lowest BCUT2D eigenvalue weighted by molar-refractivity contribution is 1.01. The van der Waals surface area contributed by atoms with E-state index < -0.39 is 0 Å². The van der Waals surface area contributed by atoms with E-state index in [1.54, 1.807) is 0 Å². The quantitative estimate of drug-likeness (QED) is 0.618. The number of hydrogen-bond donors (Lipinski definition) is 0. The third-order valence-corrected chi connectivity index (χ3v) is 2.88. The number of rotatable bonds is 2. The van der Waals surface area contributed by atoms with Crippen molar-refractivity contribution in [3.63, 3.8) is 0 Å². The molecule has 0 saturated carbocycles. The molecule has 0 saturated heterocycles. The summed E-state index contributed by atoms with van der Waals surface area (Å²) in [6, 6.07) is 0. The zero-order valence-electron chi connectivity index (χ0n) is 6.92. The minimum absolute atomic E-state index is 1.08. The molecule has 0 nitrogen and oxygen atoms in total. The van der Waals surface area contributed by atoms with Gasteiger partial charge in [-0.3, -0.25) is 0 Å². The minimum atomic E-state index is 1.08. The second-order valence-corrected chi connectivity index (χ2v) is 3.94. The van der Waals surface area contributed by atoms with Crippen molar-refractivity contribution in [3.05, 3.63) is 46.3 Å². The third kappa shape index (κ3) is 1.92. The van der Waals surface area contributed by atoms with Crippen molar-refractivity contribution >= 4 is 11.8 Å². The van der Waals surface area contributed by atoms with Crippen LogP contribution >= 0.6 is 11.8 Å². The van der Waals surface area contributed by atoms with Crippen molar-refractivity contribution < 1.29 is 0 Å². The van der Waals surface area contributed by atoms with E-state index in [4.69, 9.17) is 0 Å². The summed E-state index contributed by atoms with van der Waals surface area (Å²) in [5.41, 5.74) is 0. The van der Waals surface area contributed by atoms with Crippen molar-refractivity contribution in [1.29, 1.82) is 0 Å². The Morgan fingerprint density at radius 2 is 2.25 bits per heavy atom. The molecule has 1 heteroatoms. The first-order chi connectivity index (χ1) is 5.95. The molecule has 0 aliphatic heterocycles.